The first-order chi connectivity index (χ1) is 10.6. The van der Waals surface area contributed by atoms with Crippen molar-refractivity contribution in [1.82, 2.24) is 0 Å². The molecule has 2 N–H and O–H groups in total. The number of unbranched alkanes of at least 4 members (excludes halogenated alkanes) is 4. The van der Waals surface area contributed by atoms with Gasteiger partial charge in [-0.3, -0.25) is 4.79 Å². The number of nitrogens with two attached hydrogens (primary N) is 1. The van der Waals surface area contributed by atoms with Gasteiger partial charge in [0.05, 0.1) is 0 Å². The molecule has 122 valence electrons. The summed E-state index contributed by atoms with van der Waals surface area (Å²) in [5.41, 5.74) is 8.92. The zero-order chi connectivity index (χ0) is 16.2. The van der Waals surface area contributed by atoms with E-state index in [2.05, 4.69) is 37.3 Å². The molecule has 0 aliphatic heterocycles. The number of primary amides is 1. The molecule has 2 heteroatoms. The lowest BCUT2D eigenvalue weighted by atomic mass is 9.96. The predicted molar refractivity (Wildman–Crippen MR) is 94.7 cm³/mol. The summed E-state index contributed by atoms with van der Waals surface area (Å²) in [4.78, 5) is 11.4. The highest BCUT2D eigenvalue weighted by Gasteiger charge is 2.07. The maximum Gasteiger partial charge on any atom is 0.244 e. The van der Waals surface area contributed by atoms with E-state index in [0.29, 0.717) is 0 Å². The van der Waals surface area contributed by atoms with Crippen LogP contribution in [-0.4, -0.2) is 5.91 Å². The summed E-state index contributed by atoms with van der Waals surface area (Å²) in [6.45, 7) is 4.06. The molecular formula is C20H31NO. The average molecular weight is 301 g/mol. The van der Waals surface area contributed by atoms with E-state index >= 15 is 0 Å². The van der Waals surface area contributed by atoms with Crippen molar-refractivity contribution in [3.8, 4) is 0 Å². The number of allylic oxidation sites excluding steroid dienone is 1. The highest BCUT2D eigenvalue weighted by molar-refractivity contribution is 5.92. The van der Waals surface area contributed by atoms with E-state index in [4.69, 9.17) is 5.73 Å². The molecule has 0 fully saturated rings. The van der Waals surface area contributed by atoms with Gasteiger partial charge in [0.1, 0.15) is 0 Å². The Bertz CT molecular complexity index is 462. The van der Waals surface area contributed by atoms with Crippen LogP contribution in [0.15, 0.2) is 41.5 Å². The second-order valence-electron chi connectivity index (χ2n) is 6.10. The number of amides is 1. The zero-order valence-electron chi connectivity index (χ0n) is 14.2. The van der Waals surface area contributed by atoms with Gasteiger partial charge < -0.3 is 5.73 Å². The van der Waals surface area contributed by atoms with E-state index in [9.17, 15) is 4.79 Å². The fourth-order valence-electron chi connectivity index (χ4n) is 2.73. The van der Waals surface area contributed by atoms with E-state index in [1.165, 1.54) is 43.2 Å². The molecule has 2 nitrogen and oxygen atoms in total. The topological polar surface area (TPSA) is 43.1 Å². The number of carbonyl (C=O) groups is 1. The highest BCUT2D eigenvalue weighted by atomic mass is 16.1. The Morgan fingerprint density at radius 3 is 2.23 bits per heavy atom. The Kier molecular flexibility index (Phi) is 9.29. The molecular weight excluding hydrogens is 270 g/mol. The summed E-state index contributed by atoms with van der Waals surface area (Å²) < 4.78 is 0. The lowest BCUT2D eigenvalue weighted by Crippen LogP contribution is -2.14. The molecule has 0 saturated carbocycles. The van der Waals surface area contributed by atoms with Crippen molar-refractivity contribution in [3.63, 3.8) is 0 Å². The normalized spacial score (nSPS) is 12.1. The number of hydrogen-bond acceptors (Lipinski definition) is 1. The van der Waals surface area contributed by atoms with Crippen molar-refractivity contribution < 1.29 is 4.79 Å². The molecule has 0 heterocycles. The standard InChI is InChI=1S/C20H31NO/c1-3-4-15-19(17(2)20(21)22)16-11-6-5-8-12-18-13-9-7-10-14-18/h7,9-10,13-14H,3-6,8,11-12,15-16H2,1-2H3,(H2,21,22)/b19-17+. The molecule has 0 aromatic heterocycles. The average Bonchev–Trinajstić information content (AvgIpc) is 2.53. The van der Waals surface area contributed by atoms with E-state index < -0.39 is 0 Å². The second-order valence-corrected chi connectivity index (χ2v) is 6.10. The van der Waals surface area contributed by atoms with Gasteiger partial charge in [0.25, 0.3) is 0 Å². The van der Waals surface area contributed by atoms with E-state index in [1.54, 1.807) is 0 Å². The summed E-state index contributed by atoms with van der Waals surface area (Å²) in [6, 6.07) is 10.7. The van der Waals surface area contributed by atoms with Crippen LogP contribution in [-0.2, 0) is 11.2 Å². The maximum absolute atomic E-state index is 11.4. The molecule has 1 aromatic carbocycles. The van der Waals surface area contributed by atoms with Crippen molar-refractivity contribution in [3.05, 3.63) is 47.0 Å². The first-order valence-corrected chi connectivity index (χ1v) is 8.67. The fourth-order valence-corrected chi connectivity index (χ4v) is 2.73. The third-order valence-electron chi connectivity index (χ3n) is 4.27. The minimum atomic E-state index is -0.254. The van der Waals surface area contributed by atoms with Gasteiger partial charge >= 0.3 is 0 Å². The van der Waals surface area contributed by atoms with Crippen LogP contribution in [0.5, 0.6) is 0 Å². The molecule has 0 spiro atoms. The molecule has 0 unspecified atom stereocenters. The molecule has 1 rings (SSSR count). The molecule has 0 aliphatic carbocycles. The largest absolute Gasteiger partial charge is 0.366 e. The summed E-state index contributed by atoms with van der Waals surface area (Å²) in [7, 11) is 0. The van der Waals surface area contributed by atoms with Gasteiger partial charge in [-0.2, -0.15) is 0 Å². The van der Waals surface area contributed by atoms with Gasteiger partial charge in [-0.15, -0.1) is 0 Å². The summed E-state index contributed by atoms with van der Waals surface area (Å²) in [5.74, 6) is -0.254. The van der Waals surface area contributed by atoms with E-state index in [-0.39, 0.29) is 5.91 Å². The molecule has 22 heavy (non-hydrogen) atoms. The number of hydrogen-bond donors (Lipinski definition) is 1. The van der Waals surface area contributed by atoms with Crippen LogP contribution < -0.4 is 5.73 Å². The van der Waals surface area contributed by atoms with E-state index in [0.717, 1.165) is 31.3 Å². The van der Waals surface area contributed by atoms with Crippen molar-refractivity contribution >= 4 is 5.91 Å². The molecule has 0 bridgehead atoms. The Labute approximate surface area is 135 Å². The lowest BCUT2D eigenvalue weighted by molar-refractivity contribution is -0.114. The Hall–Kier alpha value is -1.57. The number of aryl methyl sites for hydroxylation is 1. The second kappa shape index (κ2) is 11.1. The molecule has 1 aromatic rings. The van der Waals surface area contributed by atoms with Crippen molar-refractivity contribution in [1.29, 1.82) is 0 Å². The Morgan fingerprint density at radius 2 is 1.59 bits per heavy atom. The zero-order valence-corrected chi connectivity index (χ0v) is 14.2. The Morgan fingerprint density at radius 1 is 0.955 bits per heavy atom. The minimum Gasteiger partial charge on any atom is -0.366 e. The van der Waals surface area contributed by atoms with Crippen LogP contribution in [0.4, 0.5) is 0 Å². The first-order valence-electron chi connectivity index (χ1n) is 8.67. The first kappa shape index (κ1) is 18.5. The summed E-state index contributed by atoms with van der Waals surface area (Å²) in [6.07, 6.45) is 10.4. The number of rotatable bonds is 11. The lowest BCUT2D eigenvalue weighted by Gasteiger charge is -2.10. The maximum atomic E-state index is 11.4. The Balaban J connectivity index is 2.25. The van der Waals surface area contributed by atoms with Crippen LogP contribution in [0, 0.1) is 0 Å². The SMILES string of the molecule is CCCC/C(CCCCCCc1ccccc1)=C(/C)C(N)=O. The van der Waals surface area contributed by atoms with Crippen LogP contribution in [0.25, 0.3) is 0 Å². The number of carbonyl (C=O) groups excluding carboxylic acids is 1. The van der Waals surface area contributed by atoms with Crippen LogP contribution in [0.1, 0.15) is 70.8 Å². The van der Waals surface area contributed by atoms with Gasteiger partial charge in [-0.25, -0.2) is 0 Å². The fraction of sp³-hybridized carbons (Fsp3) is 0.550. The van der Waals surface area contributed by atoms with Gasteiger partial charge in [0, 0.05) is 5.57 Å². The van der Waals surface area contributed by atoms with Crippen LogP contribution in [0.3, 0.4) is 0 Å². The molecule has 1 amide bonds. The molecule has 0 saturated heterocycles. The quantitative estimate of drug-likeness (QED) is 0.444. The summed E-state index contributed by atoms with van der Waals surface area (Å²) >= 11 is 0. The smallest absolute Gasteiger partial charge is 0.244 e. The van der Waals surface area contributed by atoms with Crippen LogP contribution in [0.2, 0.25) is 0 Å². The monoisotopic (exact) mass is 301 g/mol. The molecule has 0 radical (unpaired) electrons. The van der Waals surface area contributed by atoms with Gasteiger partial charge in [0.15, 0.2) is 0 Å². The highest BCUT2D eigenvalue weighted by Crippen LogP contribution is 2.20. The van der Waals surface area contributed by atoms with Crippen molar-refractivity contribution in [2.45, 2.75) is 71.6 Å². The minimum absolute atomic E-state index is 0.254. The van der Waals surface area contributed by atoms with Crippen LogP contribution >= 0.6 is 0 Å². The van der Waals surface area contributed by atoms with Gasteiger partial charge in [-0.05, 0) is 51.0 Å². The van der Waals surface area contributed by atoms with Gasteiger partial charge in [-0.1, -0.05) is 62.1 Å². The van der Waals surface area contributed by atoms with Crippen molar-refractivity contribution in [2.24, 2.45) is 5.73 Å². The van der Waals surface area contributed by atoms with Gasteiger partial charge in [0.2, 0.25) is 5.91 Å². The molecule has 0 aliphatic rings. The van der Waals surface area contributed by atoms with Crippen molar-refractivity contribution in [2.75, 3.05) is 0 Å². The van der Waals surface area contributed by atoms with E-state index in [1.807, 2.05) is 6.92 Å². The molecule has 0 atom stereocenters. The summed E-state index contributed by atoms with van der Waals surface area (Å²) in [5, 5.41) is 0. The number of benzene rings is 1. The third kappa shape index (κ3) is 7.44. The third-order valence-corrected chi connectivity index (χ3v) is 4.27. The predicted octanol–water partition coefficient (Wildman–Crippen LogP) is 5.17.